The zero-order chi connectivity index (χ0) is 11.6. The molecule has 0 unspecified atom stereocenters. The molecule has 16 heavy (non-hydrogen) atoms. The molecule has 0 aliphatic heterocycles. The van der Waals surface area contributed by atoms with Crippen LogP contribution in [0.5, 0.6) is 0 Å². The van der Waals surface area contributed by atoms with Crippen LogP contribution in [0.25, 0.3) is 0 Å². The van der Waals surface area contributed by atoms with Crippen LogP contribution in [-0.4, -0.2) is 11.2 Å². The molecule has 0 spiro atoms. The van der Waals surface area contributed by atoms with Gasteiger partial charge >= 0.3 is 0 Å². The van der Waals surface area contributed by atoms with E-state index in [9.17, 15) is 5.11 Å². The highest BCUT2D eigenvalue weighted by Crippen LogP contribution is 2.21. The van der Waals surface area contributed by atoms with Gasteiger partial charge in [0.1, 0.15) is 0 Å². The second kappa shape index (κ2) is 6.24. The molecule has 0 aliphatic rings. The smallest absolute Gasteiger partial charge is 0.0755 e. The van der Waals surface area contributed by atoms with Crippen molar-refractivity contribution in [1.29, 1.82) is 0 Å². The molecule has 2 nitrogen and oxygen atoms in total. The first-order valence-corrected chi connectivity index (χ1v) is 5.43. The third-order valence-corrected chi connectivity index (χ3v) is 2.68. The van der Waals surface area contributed by atoms with Crippen molar-refractivity contribution in [1.82, 2.24) is 0 Å². The van der Waals surface area contributed by atoms with Crippen molar-refractivity contribution in [2.24, 2.45) is 11.7 Å². The third-order valence-electron chi connectivity index (χ3n) is 2.68. The van der Waals surface area contributed by atoms with Crippen molar-refractivity contribution < 1.29 is 5.11 Å². The van der Waals surface area contributed by atoms with E-state index in [2.05, 4.69) is 6.07 Å². The fraction of sp³-hybridized carbons (Fsp3) is 0.538. The molecule has 3 heteroatoms. The standard InChI is InChI=1S/C13H21NO.ClH/c1-8(2)13(15)12(14)11-6-9(3)5-10(4)7-11;/h5-8,12-13,15H,14H2,1-4H3;1H/t12-,13+;/m0./s1. The van der Waals surface area contributed by atoms with Crippen molar-refractivity contribution >= 4 is 12.4 Å². The summed E-state index contributed by atoms with van der Waals surface area (Å²) in [7, 11) is 0. The lowest BCUT2D eigenvalue weighted by Gasteiger charge is -2.23. The molecule has 1 rings (SSSR count). The molecule has 0 aliphatic carbocycles. The topological polar surface area (TPSA) is 46.2 Å². The molecule has 1 aromatic carbocycles. The molecular weight excluding hydrogens is 222 g/mol. The summed E-state index contributed by atoms with van der Waals surface area (Å²) in [5, 5.41) is 9.91. The predicted molar refractivity (Wildman–Crippen MR) is 70.9 cm³/mol. The second-order valence-corrected chi connectivity index (χ2v) is 4.68. The maximum Gasteiger partial charge on any atom is 0.0755 e. The van der Waals surface area contributed by atoms with Gasteiger partial charge in [-0.05, 0) is 25.3 Å². The maximum absolute atomic E-state index is 9.91. The average molecular weight is 244 g/mol. The molecule has 0 fully saturated rings. The van der Waals surface area contributed by atoms with Gasteiger partial charge in [0, 0.05) is 0 Å². The number of benzene rings is 1. The first-order valence-electron chi connectivity index (χ1n) is 5.43. The van der Waals surface area contributed by atoms with E-state index in [1.165, 1.54) is 11.1 Å². The van der Waals surface area contributed by atoms with Gasteiger partial charge in [-0.1, -0.05) is 43.2 Å². The van der Waals surface area contributed by atoms with Gasteiger partial charge in [0.05, 0.1) is 12.1 Å². The number of hydrogen-bond acceptors (Lipinski definition) is 2. The summed E-state index contributed by atoms with van der Waals surface area (Å²) in [6, 6.07) is 5.91. The Bertz CT molecular complexity index is 318. The summed E-state index contributed by atoms with van der Waals surface area (Å²) < 4.78 is 0. The van der Waals surface area contributed by atoms with E-state index < -0.39 is 6.10 Å². The maximum atomic E-state index is 9.91. The van der Waals surface area contributed by atoms with Crippen LogP contribution in [0.3, 0.4) is 0 Å². The molecule has 92 valence electrons. The third kappa shape index (κ3) is 3.78. The fourth-order valence-corrected chi connectivity index (χ4v) is 1.81. The Balaban J connectivity index is 0.00000225. The van der Waals surface area contributed by atoms with Crippen LogP contribution in [0.15, 0.2) is 18.2 Å². The number of aliphatic hydroxyl groups excluding tert-OH is 1. The molecule has 0 aromatic heterocycles. The predicted octanol–water partition coefficient (Wildman–Crippen LogP) is 2.74. The zero-order valence-electron chi connectivity index (χ0n) is 10.4. The van der Waals surface area contributed by atoms with Gasteiger partial charge in [-0.15, -0.1) is 12.4 Å². The summed E-state index contributed by atoms with van der Waals surface area (Å²) in [5.41, 5.74) is 9.43. The zero-order valence-corrected chi connectivity index (χ0v) is 11.2. The quantitative estimate of drug-likeness (QED) is 0.858. The largest absolute Gasteiger partial charge is 0.391 e. The monoisotopic (exact) mass is 243 g/mol. The minimum Gasteiger partial charge on any atom is -0.391 e. The van der Waals surface area contributed by atoms with E-state index in [1.54, 1.807) is 0 Å². The highest BCUT2D eigenvalue weighted by atomic mass is 35.5. The Morgan fingerprint density at radius 1 is 1.06 bits per heavy atom. The van der Waals surface area contributed by atoms with Crippen molar-refractivity contribution in [2.75, 3.05) is 0 Å². The van der Waals surface area contributed by atoms with Gasteiger partial charge in [0.15, 0.2) is 0 Å². The van der Waals surface area contributed by atoms with Gasteiger partial charge in [-0.25, -0.2) is 0 Å². The van der Waals surface area contributed by atoms with E-state index in [1.807, 2.05) is 39.8 Å². The Hall–Kier alpha value is -0.570. The van der Waals surface area contributed by atoms with Gasteiger partial charge in [-0.3, -0.25) is 0 Å². The number of rotatable bonds is 3. The van der Waals surface area contributed by atoms with Crippen molar-refractivity contribution in [3.63, 3.8) is 0 Å². The molecule has 3 N–H and O–H groups in total. The molecular formula is C13H22ClNO. The van der Waals surface area contributed by atoms with Crippen LogP contribution in [0, 0.1) is 19.8 Å². The van der Waals surface area contributed by atoms with Gasteiger partial charge < -0.3 is 10.8 Å². The lowest BCUT2D eigenvalue weighted by molar-refractivity contribution is 0.0979. The van der Waals surface area contributed by atoms with Crippen LogP contribution in [0.1, 0.15) is 36.6 Å². The molecule has 0 amide bonds. The molecule has 2 atom stereocenters. The van der Waals surface area contributed by atoms with Gasteiger partial charge in [0.2, 0.25) is 0 Å². The molecule has 0 saturated heterocycles. The van der Waals surface area contributed by atoms with Crippen LogP contribution in [0.4, 0.5) is 0 Å². The first kappa shape index (κ1) is 15.4. The van der Waals surface area contributed by atoms with Crippen LogP contribution < -0.4 is 5.73 Å². The van der Waals surface area contributed by atoms with Crippen molar-refractivity contribution in [2.45, 2.75) is 39.8 Å². The second-order valence-electron chi connectivity index (χ2n) is 4.68. The molecule has 0 saturated carbocycles. The van der Waals surface area contributed by atoms with E-state index in [-0.39, 0.29) is 24.4 Å². The summed E-state index contributed by atoms with van der Waals surface area (Å²) in [6.07, 6.45) is -0.480. The normalized spacial score (nSPS) is 14.4. The number of halogens is 1. The Labute approximate surface area is 104 Å². The van der Waals surface area contributed by atoms with Gasteiger partial charge in [0.25, 0.3) is 0 Å². The number of aryl methyl sites for hydroxylation is 2. The summed E-state index contributed by atoms with van der Waals surface area (Å²) in [5.74, 6) is 0.181. The molecule has 0 bridgehead atoms. The Morgan fingerprint density at radius 3 is 1.88 bits per heavy atom. The lowest BCUT2D eigenvalue weighted by Crippen LogP contribution is -2.30. The number of aliphatic hydroxyl groups is 1. The van der Waals surface area contributed by atoms with E-state index in [0.717, 1.165) is 5.56 Å². The highest BCUT2D eigenvalue weighted by molar-refractivity contribution is 5.85. The Morgan fingerprint density at radius 2 is 1.50 bits per heavy atom. The molecule has 0 radical (unpaired) electrons. The summed E-state index contributed by atoms with van der Waals surface area (Å²) >= 11 is 0. The fourth-order valence-electron chi connectivity index (χ4n) is 1.81. The minimum atomic E-state index is -0.480. The van der Waals surface area contributed by atoms with E-state index >= 15 is 0 Å². The average Bonchev–Trinajstić information content (AvgIpc) is 2.13. The van der Waals surface area contributed by atoms with Crippen LogP contribution >= 0.6 is 12.4 Å². The summed E-state index contributed by atoms with van der Waals surface area (Å²) in [6.45, 7) is 8.05. The highest BCUT2D eigenvalue weighted by Gasteiger charge is 2.20. The summed E-state index contributed by atoms with van der Waals surface area (Å²) in [4.78, 5) is 0. The first-order chi connectivity index (χ1) is 6.91. The van der Waals surface area contributed by atoms with Crippen molar-refractivity contribution in [3.8, 4) is 0 Å². The number of hydrogen-bond donors (Lipinski definition) is 2. The Kier molecular flexibility index (Phi) is 6.01. The van der Waals surface area contributed by atoms with Crippen LogP contribution in [-0.2, 0) is 0 Å². The van der Waals surface area contributed by atoms with Crippen molar-refractivity contribution in [3.05, 3.63) is 34.9 Å². The molecule has 0 heterocycles. The van der Waals surface area contributed by atoms with E-state index in [0.29, 0.717) is 0 Å². The minimum absolute atomic E-state index is 0. The van der Waals surface area contributed by atoms with Crippen LogP contribution in [0.2, 0.25) is 0 Å². The SMILES string of the molecule is Cc1cc(C)cc([C@H](N)[C@H](O)C(C)C)c1.Cl. The molecule has 1 aromatic rings. The lowest BCUT2D eigenvalue weighted by atomic mass is 9.92. The number of nitrogens with two attached hydrogens (primary N) is 1. The van der Waals surface area contributed by atoms with Gasteiger partial charge in [-0.2, -0.15) is 0 Å². The van der Waals surface area contributed by atoms with E-state index in [4.69, 9.17) is 5.73 Å².